The number of hydrogen-bond acceptors (Lipinski definition) is 4. The molecule has 0 spiro atoms. The Hall–Kier alpha value is -2.86. The zero-order valence-electron chi connectivity index (χ0n) is 12.6. The highest BCUT2D eigenvalue weighted by Gasteiger charge is 2.17. The van der Waals surface area contributed by atoms with Crippen molar-refractivity contribution >= 4 is 28.5 Å². The second kappa shape index (κ2) is 5.98. The van der Waals surface area contributed by atoms with E-state index in [9.17, 15) is 14.7 Å². The number of aliphatic carboxylic acids is 1. The number of carbonyl (C=O) groups is 1. The molecule has 2 aromatic carbocycles. The van der Waals surface area contributed by atoms with Crippen LogP contribution in [0, 0.1) is 0 Å². The van der Waals surface area contributed by atoms with E-state index in [1.807, 2.05) is 0 Å². The van der Waals surface area contributed by atoms with E-state index in [0.29, 0.717) is 21.5 Å². The van der Waals surface area contributed by atoms with Crippen LogP contribution in [0.4, 0.5) is 0 Å². The molecule has 1 atom stereocenters. The molecule has 3 aromatic rings. The van der Waals surface area contributed by atoms with Gasteiger partial charge < -0.3 is 15.2 Å². The van der Waals surface area contributed by atoms with Crippen molar-refractivity contribution in [3.8, 4) is 17.1 Å². The van der Waals surface area contributed by atoms with Crippen LogP contribution in [0.25, 0.3) is 22.3 Å². The molecular formula is C17H13ClN2O4. The van der Waals surface area contributed by atoms with Crippen LogP contribution in [-0.4, -0.2) is 26.2 Å². The number of fused-ring (bicyclic) bond motifs is 1. The van der Waals surface area contributed by atoms with Gasteiger partial charge in [-0.15, -0.1) is 0 Å². The summed E-state index contributed by atoms with van der Waals surface area (Å²) in [6, 6.07) is 9.15. The first-order chi connectivity index (χ1) is 11.4. The van der Waals surface area contributed by atoms with Gasteiger partial charge in [0.1, 0.15) is 11.6 Å². The van der Waals surface area contributed by atoms with E-state index >= 15 is 0 Å². The molecule has 0 saturated heterocycles. The van der Waals surface area contributed by atoms with Gasteiger partial charge in [0.15, 0.2) is 0 Å². The Morgan fingerprint density at radius 2 is 2.00 bits per heavy atom. The van der Waals surface area contributed by atoms with Crippen LogP contribution >= 0.6 is 11.6 Å². The lowest BCUT2D eigenvalue weighted by Gasteiger charge is -2.11. The average Bonchev–Trinajstić information content (AvgIpc) is 2.55. The number of halogens is 1. The number of nitrogens with zero attached hydrogens (tertiary/aromatic N) is 1. The molecule has 122 valence electrons. The first-order valence-corrected chi connectivity index (χ1v) is 7.50. The average molecular weight is 345 g/mol. The van der Waals surface area contributed by atoms with Gasteiger partial charge in [0, 0.05) is 5.02 Å². The van der Waals surface area contributed by atoms with Gasteiger partial charge in [-0.3, -0.25) is 9.59 Å². The number of aromatic amines is 1. The summed E-state index contributed by atoms with van der Waals surface area (Å²) >= 11 is 5.88. The van der Waals surface area contributed by atoms with Crippen molar-refractivity contribution in [1.29, 1.82) is 0 Å². The number of aromatic hydroxyl groups is 1. The van der Waals surface area contributed by atoms with Crippen LogP contribution in [0.15, 0.2) is 41.2 Å². The van der Waals surface area contributed by atoms with E-state index < -0.39 is 17.4 Å². The van der Waals surface area contributed by atoms with Crippen molar-refractivity contribution in [1.82, 2.24) is 9.97 Å². The number of carboxylic acid groups (broad SMARTS) is 1. The molecular weight excluding hydrogens is 332 g/mol. The highest BCUT2D eigenvalue weighted by atomic mass is 35.5. The molecule has 0 fully saturated rings. The number of nitrogens with one attached hydrogen (secondary N) is 1. The summed E-state index contributed by atoms with van der Waals surface area (Å²) in [6.45, 7) is 1.54. The fourth-order valence-electron chi connectivity index (χ4n) is 2.39. The molecule has 0 bridgehead atoms. The first kappa shape index (κ1) is 16.0. The number of rotatable bonds is 3. The topological polar surface area (TPSA) is 103 Å². The summed E-state index contributed by atoms with van der Waals surface area (Å²) < 4.78 is 0. The molecule has 1 aromatic heterocycles. The summed E-state index contributed by atoms with van der Waals surface area (Å²) in [5.74, 6) is -1.68. The van der Waals surface area contributed by atoms with Crippen LogP contribution in [0.1, 0.15) is 18.4 Å². The normalized spacial score (nSPS) is 12.2. The third kappa shape index (κ3) is 2.83. The summed E-state index contributed by atoms with van der Waals surface area (Å²) in [4.78, 5) is 30.3. The lowest BCUT2D eigenvalue weighted by Crippen LogP contribution is -2.10. The highest BCUT2D eigenvalue weighted by molar-refractivity contribution is 6.31. The third-order valence-corrected chi connectivity index (χ3v) is 4.05. The predicted molar refractivity (Wildman–Crippen MR) is 90.5 cm³/mol. The Morgan fingerprint density at radius 3 is 2.71 bits per heavy atom. The predicted octanol–water partition coefficient (Wildman–Crippen LogP) is 3.14. The highest BCUT2D eigenvalue weighted by Crippen LogP contribution is 2.30. The quantitative estimate of drug-likeness (QED) is 0.677. The van der Waals surface area contributed by atoms with E-state index in [2.05, 4.69) is 9.97 Å². The van der Waals surface area contributed by atoms with Crippen molar-refractivity contribution in [2.24, 2.45) is 0 Å². The number of aromatic nitrogens is 2. The van der Waals surface area contributed by atoms with E-state index in [1.54, 1.807) is 12.1 Å². The smallest absolute Gasteiger partial charge is 0.310 e. The number of H-pyrrole nitrogens is 1. The summed E-state index contributed by atoms with van der Waals surface area (Å²) in [5.41, 5.74) is 0.784. The number of phenolic OH excluding ortho intramolecular Hbond substituents is 1. The fraction of sp³-hybridized carbons (Fsp3) is 0.118. The molecule has 0 aliphatic rings. The molecule has 3 rings (SSSR count). The van der Waals surface area contributed by atoms with Gasteiger partial charge >= 0.3 is 5.97 Å². The molecule has 24 heavy (non-hydrogen) atoms. The standard InChI is InChI=1S/C17H13ClN2O4/c1-8(17(23)24)9-2-5-14(21)12(6-9)15-19-13-4-3-10(18)7-11(13)16(22)20-15/h2-8,21H,1H3,(H,23,24)(H,19,20,22). The maximum Gasteiger partial charge on any atom is 0.310 e. The van der Waals surface area contributed by atoms with Gasteiger partial charge in [0.05, 0.1) is 22.4 Å². The van der Waals surface area contributed by atoms with Crippen molar-refractivity contribution in [3.05, 3.63) is 57.3 Å². The zero-order chi connectivity index (χ0) is 17.4. The molecule has 0 aliphatic carbocycles. The Morgan fingerprint density at radius 1 is 1.25 bits per heavy atom. The Labute approximate surface area is 141 Å². The van der Waals surface area contributed by atoms with Crippen LogP contribution in [0.3, 0.4) is 0 Å². The van der Waals surface area contributed by atoms with Crippen molar-refractivity contribution in [2.75, 3.05) is 0 Å². The summed E-state index contributed by atoms with van der Waals surface area (Å²) in [7, 11) is 0. The lowest BCUT2D eigenvalue weighted by molar-refractivity contribution is -0.138. The van der Waals surface area contributed by atoms with Crippen molar-refractivity contribution in [2.45, 2.75) is 12.8 Å². The summed E-state index contributed by atoms with van der Waals surface area (Å²) in [6.07, 6.45) is 0. The minimum Gasteiger partial charge on any atom is -0.507 e. The monoisotopic (exact) mass is 344 g/mol. The third-order valence-electron chi connectivity index (χ3n) is 3.81. The second-order valence-corrected chi connectivity index (χ2v) is 5.85. The van der Waals surface area contributed by atoms with E-state index in [4.69, 9.17) is 16.7 Å². The number of hydrogen-bond donors (Lipinski definition) is 3. The molecule has 3 N–H and O–H groups in total. The Balaban J connectivity index is 2.20. The van der Waals surface area contributed by atoms with Gasteiger partial charge in [-0.2, -0.15) is 0 Å². The van der Waals surface area contributed by atoms with Crippen molar-refractivity contribution < 1.29 is 15.0 Å². The minimum absolute atomic E-state index is 0.104. The number of carboxylic acids is 1. The molecule has 7 heteroatoms. The second-order valence-electron chi connectivity index (χ2n) is 5.41. The maximum absolute atomic E-state index is 12.2. The number of phenols is 1. The SMILES string of the molecule is CC(C(=O)O)c1ccc(O)c(-c2nc3ccc(Cl)cc3c(=O)[nH]2)c1. The van der Waals surface area contributed by atoms with Crippen LogP contribution < -0.4 is 5.56 Å². The van der Waals surface area contributed by atoms with E-state index in [1.165, 1.54) is 31.2 Å². The van der Waals surface area contributed by atoms with Crippen molar-refractivity contribution in [3.63, 3.8) is 0 Å². The van der Waals surface area contributed by atoms with Crippen LogP contribution in [0.5, 0.6) is 5.75 Å². The molecule has 1 heterocycles. The molecule has 0 saturated carbocycles. The molecule has 0 radical (unpaired) electrons. The zero-order valence-corrected chi connectivity index (χ0v) is 13.3. The Bertz CT molecular complexity index is 1010. The molecule has 1 unspecified atom stereocenters. The van der Waals surface area contributed by atoms with Crippen LogP contribution in [-0.2, 0) is 4.79 Å². The summed E-state index contributed by atoms with van der Waals surface area (Å²) in [5, 5.41) is 20.0. The van der Waals surface area contributed by atoms with E-state index in [0.717, 1.165) is 0 Å². The van der Waals surface area contributed by atoms with Gasteiger partial charge in [-0.1, -0.05) is 17.7 Å². The molecule has 6 nitrogen and oxygen atoms in total. The van der Waals surface area contributed by atoms with Gasteiger partial charge in [0.2, 0.25) is 0 Å². The van der Waals surface area contributed by atoms with Crippen LogP contribution in [0.2, 0.25) is 5.02 Å². The maximum atomic E-state index is 12.2. The lowest BCUT2D eigenvalue weighted by atomic mass is 9.98. The fourth-order valence-corrected chi connectivity index (χ4v) is 2.57. The Kier molecular flexibility index (Phi) is 3.99. The number of benzene rings is 2. The first-order valence-electron chi connectivity index (χ1n) is 7.12. The molecule has 0 aliphatic heterocycles. The molecule has 0 amide bonds. The van der Waals surface area contributed by atoms with E-state index in [-0.39, 0.29) is 17.1 Å². The minimum atomic E-state index is -0.985. The van der Waals surface area contributed by atoms with Gasteiger partial charge in [-0.25, -0.2) is 4.98 Å². The largest absolute Gasteiger partial charge is 0.507 e. The van der Waals surface area contributed by atoms with Gasteiger partial charge in [-0.05, 0) is 42.8 Å². The van der Waals surface area contributed by atoms with Gasteiger partial charge in [0.25, 0.3) is 5.56 Å².